The fraction of sp³-hybridized carbons (Fsp3) is 0.545. The molecule has 1 aliphatic heterocycles. The van der Waals surface area contributed by atoms with Crippen molar-refractivity contribution in [2.24, 2.45) is 5.92 Å². The van der Waals surface area contributed by atoms with E-state index >= 15 is 0 Å². The van der Waals surface area contributed by atoms with Gasteiger partial charge >= 0.3 is 0 Å². The molecule has 0 radical (unpaired) electrons. The van der Waals surface area contributed by atoms with Gasteiger partial charge in [-0.25, -0.2) is 0 Å². The van der Waals surface area contributed by atoms with Crippen molar-refractivity contribution in [3.05, 3.63) is 41.2 Å². The van der Waals surface area contributed by atoms with Gasteiger partial charge in [-0.15, -0.1) is 0 Å². The van der Waals surface area contributed by atoms with Gasteiger partial charge in [0.1, 0.15) is 5.69 Å². The first-order chi connectivity index (χ1) is 13.6. The van der Waals surface area contributed by atoms with Crippen molar-refractivity contribution >= 4 is 5.91 Å². The Morgan fingerprint density at radius 1 is 1.18 bits per heavy atom. The molecular weight excluding hydrogens is 354 g/mol. The zero-order valence-electron chi connectivity index (χ0n) is 16.8. The largest absolute Gasteiger partial charge is 0.454 e. The molecule has 2 aliphatic rings. The van der Waals surface area contributed by atoms with E-state index < -0.39 is 0 Å². The van der Waals surface area contributed by atoms with E-state index in [0.29, 0.717) is 24.7 Å². The molecule has 6 nitrogen and oxygen atoms in total. The molecule has 0 N–H and O–H groups in total. The molecule has 150 valence electrons. The van der Waals surface area contributed by atoms with E-state index in [1.54, 1.807) is 0 Å². The van der Waals surface area contributed by atoms with E-state index in [-0.39, 0.29) is 12.7 Å². The molecule has 6 heteroatoms. The molecule has 0 spiro atoms. The molecule has 0 bridgehead atoms. The van der Waals surface area contributed by atoms with Crippen LogP contribution in [0.5, 0.6) is 11.5 Å². The summed E-state index contributed by atoms with van der Waals surface area (Å²) >= 11 is 0. The lowest BCUT2D eigenvalue weighted by Gasteiger charge is -2.30. The second-order valence-electron chi connectivity index (χ2n) is 7.86. The Morgan fingerprint density at radius 3 is 2.75 bits per heavy atom. The first-order valence-corrected chi connectivity index (χ1v) is 10.4. The Kier molecular flexibility index (Phi) is 5.55. The van der Waals surface area contributed by atoms with Crippen LogP contribution in [0.1, 0.15) is 60.8 Å². The lowest BCUT2D eigenvalue weighted by atomic mass is 9.89. The van der Waals surface area contributed by atoms with Crippen molar-refractivity contribution < 1.29 is 14.3 Å². The minimum Gasteiger partial charge on any atom is -0.454 e. The number of aromatic nitrogens is 2. The summed E-state index contributed by atoms with van der Waals surface area (Å²) in [5.74, 6) is 2.17. The number of aryl methyl sites for hydroxylation is 2. The van der Waals surface area contributed by atoms with Gasteiger partial charge in [0, 0.05) is 19.6 Å². The van der Waals surface area contributed by atoms with E-state index in [1.807, 2.05) is 47.7 Å². The Labute approximate surface area is 166 Å². The number of hydrogen-bond donors (Lipinski definition) is 0. The highest BCUT2D eigenvalue weighted by Crippen LogP contribution is 2.33. The summed E-state index contributed by atoms with van der Waals surface area (Å²) in [5.41, 5.74) is 2.62. The van der Waals surface area contributed by atoms with Crippen LogP contribution in [0.25, 0.3) is 0 Å². The molecule has 2 heterocycles. The van der Waals surface area contributed by atoms with Crippen LogP contribution in [0.2, 0.25) is 0 Å². The molecule has 0 atom stereocenters. The molecule has 2 aromatic rings. The molecule has 1 aliphatic carbocycles. The lowest BCUT2D eigenvalue weighted by Crippen LogP contribution is -2.36. The second-order valence-corrected chi connectivity index (χ2v) is 7.86. The van der Waals surface area contributed by atoms with Gasteiger partial charge < -0.3 is 14.4 Å². The molecule has 4 rings (SSSR count). The molecule has 1 fully saturated rings. The van der Waals surface area contributed by atoms with E-state index in [1.165, 1.54) is 32.1 Å². The van der Waals surface area contributed by atoms with Crippen LogP contribution in [0, 0.1) is 12.8 Å². The van der Waals surface area contributed by atoms with Crippen molar-refractivity contribution in [1.82, 2.24) is 14.7 Å². The highest BCUT2D eigenvalue weighted by atomic mass is 16.7. The average Bonchev–Trinajstić information content (AvgIpc) is 3.33. The van der Waals surface area contributed by atoms with Crippen LogP contribution in [0.4, 0.5) is 0 Å². The maximum absolute atomic E-state index is 13.5. The zero-order valence-corrected chi connectivity index (χ0v) is 16.8. The van der Waals surface area contributed by atoms with E-state index in [4.69, 9.17) is 9.47 Å². The number of carbonyl (C=O) groups is 1. The first kappa shape index (κ1) is 18.8. The summed E-state index contributed by atoms with van der Waals surface area (Å²) in [6, 6.07) is 7.85. The first-order valence-electron chi connectivity index (χ1n) is 10.4. The Morgan fingerprint density at radius 2 is 1.96 bits per heavy atom. The van der Waals surface area contributed by atoms with Gasteiger partial charge in [-0.05, 0) is 56.4 Å². The van der Waals surface area contributed by atoms with Crippen LogP contribution in [-0.2, 0) is 13.1 Å². The van der Waals surface area contributed by atoms with Crippen LogP contribution >= 0.6 is 0 Å². The van der Waals surface area contributed by atoms with Crippen molar-refractivity contribution in [2.75, 3.05) is 13.3 Å². The number of hydrogen-bond acceptors (Lipinski definition) is 4. The van der Waals surface area contributed by atoms with Gasteiger partial charge in [-0.3, -0.25) is 9.48 Å². The van der Waals surface area contributed by atoms with Crippen molar-refractivity contribution in [2.45, 2.75) is 59.0 Å². The maximum Gasteiger partial charge on any atom is 0.272 e. The summed E-state index contributed by atoms with van der Waals surface area (Å²) < 4.78 is 12.7. The number of carbonyl (C=O) groups excluding carboxylic acids is 1. The van der Waals surface area contributed by atoms with E-state index in [9.17, 15) is 4.79 Å². The third kappa shape index (κ3) is 4.01. The summed E-state index contributed by atoms with van der Waals surface area (Å²) in [6.45, 7) is 6.27. The summed E-state index contributed by atoms with van der Waals surface area (Å²) in [5, 5.41) is 4.47. The van der Waals surface area contributed by atoms with Crippen LogP contribution in [0.15, 0.2) is 24.3 Å². The van der Waals surface area contributed by atoms with Gasteiger partial charge in [0.05, 0.1) is 5.69 Å². The number of amides is 1. The SMILES string of the molecule is CCn1nc(C)cc1C(=O)N(Cc1ccc2c(c1)OCO2)CC1CCCCC1. The quantitative estimate of drug-likeness (QED) is 0.751. The van der Waals surface area contributed by atoms with Crippen LogP contribution in [0.3, 0.4) is 0 Å². The van der Waals surface area contributed by atoms with Gasteiger partial charge in [0.25, 0.3) is 5.91 Å². The molecule has 1 aromatic heterocycles. The summed E-state index contributed by atoms with van der Waals surface area (Å²) in [7, 11) is 0. The highest BCUT2D eigenvalue weighted by molar-refractivity contribution is 5.92. The van der Waals surface area contributed by atoms with Gasteiger partial charge in [0.2, 0.25) is 6.79 Å². The minimum absolute atomic E-state index is 0.0608. The number of ether oxygens (including phenoxy) is 2. The molecular formula is C22H29N3O3. The van der Waals surface area contributed by atoms with Crippen molar-refractivity contribution in [3.63, 3.8) is 0 Å². The lowest BCUT2D eigenvalue weighted by molar-refractivity contribution is 0.0686. The third-order valence-electron chi connectivity index (χ3n) is 5.72. The third-order valence-corrected chi connectivity index (χ3v) is 5.72. The Balaban J connectivity index is 1.58. The minimum atomic E-state index is 0.0608. The molecule has 28 heavy (non-hydrogen) atoms. The summed E-state index contributed by atoms with van der Waals surface area (Å²) in [6.07, 6.45) is 6.26. The van der Waals surface area contributed by atoms with Gasteiger partial charge in [-0.1, -0.05) is 25.3 Å². The molecule has 1 aromatic carbocycles. The smallest absolute Gasteiger partial charge is 0.272 e. The van der Waals surface area contributed by atoms with Crippen molar-refractivity contribution in [3.8, 4) is 11.5 Å². The fourth-order valence-corrected chi connectivity index (χ4v) is 4.28. The van der Waals surface area contributed by atoms with Gasteiger partial charge in [-0.2, -0.15) is 5.10 Å². The normalized spacial score (nSPS) is 16.4. The predicted molar refractivity (Wildman–Crippen MR) is 107 cm³/mol. The predicted octanol–water partition coefficient (Wildman–Crippen LogP) is 4.16. The van der Waals surface area contributed by atoms with Gasteiger partial charge in [0.15, 0.2) is 11.5 Å². The number of nitrogens with zero attached hydrogens (tertiary/aromatic N) is 3. The Hall–Kier alpha value is -2.50. The highest BCUT2D eigenvalue weighted by Gasteiger charge is 2.25. The fourth-order valence-electron chi connectivity index (χ4n) is 4.28. The zero-order chi connectivity index (χ0) is 19.5. The Bertz CT molecular complexity index is 840. The number of rotatable bonds is 6. The van der Waals surface area contributed by atoms with E-state index in [0.717, 1.165) is 29.3 Å². The van der Waals surface area contributed by atoms with Crippen LogP contribution < -0.4 is 9.47 Å². The molecule has 1 amide bonds. The molecule has 0 unspecified atom stereocenters. The number of fused-ring (bicyclic) bond motifs is 1. The average molecular weight is 383 g/mol. The number of benzene rings is 1. The summed E-state index contributed by atoms with van der Waals surface area (Å²) in [4.78, 5) is 15.5. The topological polar surface area (TPSA) is 56.6 Å². The monoisotopic (exact) mass is 383 g/mol. The van der Waals surface area contributed by atoms with Crippen LogP contribution in [-0.4, -0.2) is 33.9 Å². The maximum atomic E-state index is 13.5. The van der Waals surface area contributed by atoms with E-state index in [2.05, 4.69) is 5.10 Å². The molecule has 1 saturated carbocycles. The second kappa shape index (κ2) is 8.25. The molecule has 0 saturated heterocycles. The van der Waals surface area contributed by atoms with Crippen molar-refractivity contribution in [1.29, 1.82) is 0 Å². The standard InChI is InChI=1S/C22H29N3O3/c1-3-25-19(11-16(2)23-25)22(26)24(13-17-7-5-4-6-8-17)14-18-9-10-20-21(12-18)28-15-27-20/h9-12,17H,3-8,13-15H2,1-2H3.